The Hall–Kier alpha value is -2.32. The summed E-state index contributed by atoms with van der Waals surface area (Å²) in [6.45, 7) is 5.55. The molecule has 1 atom stereocenters. The minimum absolute atomic E-state index is 0.214. The number of para-hydroxylation sites is 1. The van der Waals surface area contributed by atoms with Gasteiger partial charge in [0, 0.05) is 18.1 Å². The van der Waals surface area contributed by atoms with E-state index in [1.165, 1.54) is 23.1 Å². The molecule has 8 heteroatoms. The standard InChI is InChI=1S/C18H20N4O2S2/c1-11-10-25-18(19-11)26-13(3)16(23)20-15-12(2)21(4)22(17(15)24)14-8-6-5-7-9-14/h5-10,13H,1-4H3,(H,20,23)/t13-/m1/s1. The van der Waals surface area contributed by atoms with Gasteiger partial charge in [0.05, 0.1) is 16.6 Å². The van der Waals surface area contributed by atoms with Crippen molar-refractivity contribution in [3.8, 4) is 5.69 Å². The average Bonchev–Trinajstić information content (AvgIpc) is 3.12. The van der Waals surface area contributed by atoms with E-state index in [1.807, 2.05) is 56.5 Å². The highest BCUT2D eigenvalue weighted by Gasteiger charge is 2.22. The Balaban J connectivity index is 1.84. The van der Waals surface area contributed by atoms with E-state index in [-0.39, 0.29) is 16.7 Å². The summed E-state index contributed by atoms with van der Waals surface area (Å²) in [5.41, 5.74) is 2.46. The fourth-order valence-corrected chi connectivity index (χ4v) is 4.51. The number of thiazole rings is 1. The van der Waals surface area contributed by atoms with Crippen LogP contribution in [0.1, 0.15) is 18.3 Å². The first-order valence-corrected chi connectivity index (χ1v) is 9.88. The predicted octanol–water partition coefficient (Wildman–Crippen LogP) is 3.37. The topological polar surface area (TPSA) is 68.9 Å². The van der Waals surface area contributed by atoms with E-state index < -0.39 is 0 Å². The molecule has 0 unspecified atom stereocenters. The van der Waals surface area contributed by atoms with E-state index in [2.05, 4.69) is 10.3 Å². The van der Waals surface area contributed by atoms with Crippen molar-refractivity contribution >= 4 is 34.7 Å². The molecule has 0 radical (unpaired) electrons. The van der Waals surface area contributed by atoms with Crippen molar-refractivity contribution in [2.45, 2.75) is 30.4 Å². The molecule has 1 aromatic carbocycles. The van der Waals surface area contributed by atoms with Gasteiger partial charge >= 0.3 is 0 Å². The first kappa shape index (κ1) is 18.5. The van der Waals surface area contributed by atoms with Crippen LogP contribution in [0.2, 0.25) is 0 Å². The van der Waals surface area contributed by atoms with E-state index in [9.17, 15) is 9.59 Å². The van der Waals surface area contributed by atoms with Crippen LogP contribution in [0.25, 0.3) is 5.69 Å². The van der Waals surface area contributed by atoms with Crippen molar-refractivity contribution in [3.05, 3.63) is 57.5 Å². The number of carbonyl (C=O) groups excluding carboxylic acids is 1. The van der Waals surface area contributed by atoms with Crippen LogP contribution in [-0.2, 0) is 11.8 Å². The molecule has 0 aliphatic rings. The largest absolute Gasteiger partial charge is 0.319 e. The maximum Gasteiger partial charge on any atom is 0.295 e. The summed E-state index contributed by atoms with van der Waals surface area (Å²) >= 11 is 2.90. The van der Waals surface area contributed by atoms with Crippen LogP contribution < -0.4 is 10.9 Å². The van der Waals surface area contributed by atoms with E-state index in [4.69, 9.17) is 0 Å². The lowest BCUT2D eigenvalue weighted by Gasteiger charge is -2.09. The van der Waals surface area contributed by atoms with Gasteiger partial charge in [0.15, 0.2) is 4.34 Å². The van der Waals surface area contributed by atoms with Crippen molar-refractivity contribution in [1.82, 2.24) is 14.3 Å². The molecule has 2 heterocycles. The molecule has 0 saturated carbocycles. The fraction of sp³-hybridized carbons (Fsp3) is 0.278. The Morgan fingerprint density at radius 2 is 1.96 bits per heavy atom. The molecule has 3 aromatic rings. The molecule has 1 N–H and O–H groups in total. The Morgan fingerprint density at radius 3 is 2.58 bits per heavy atom. The van der Waals surface area contributed by atoms with Crippen LogP contribution >= 0.6 is 23.1 Å². The predicted molar refractivity (Wildman–Crippen MR) is 107 cm³/mol. The number of hydrogen-bond acceptors (Lipinski definition) is 5. The van der Waals surface area contributed by atoms with Gasteiger partial charge in [-0.25, -0.2) is 9.67 Å². The number of aromatic nitrogens is 3. The van der Waals surface area contributed by atoms with Crippen LogP contribution in [-0.4, -0.2) is 25.5 Å². The number of rotatable bonds is 5. The van der Waals surface area contributed by atoms with Crippen molar-refractivity contribution in [2.75, 3.05) is 5.32 Å². The molecule has 3 rings (SSSR count). The summed E-state index contributed by atoms with van der Waals surface area (Å²) in [4.78, 5) is 29.8. The molecule has 0 spiro atoms. The number of amides is 1. The van der Waals surface area contributed by atoms with Crippen molar-refractivity contribution in [3.63, 3.8) is 0 Å². The van der Waals surface area contributed by atoms with Gasteiger partial charge in [-0.05, 0) is 32.9 Å². The zero-order valence-corrected chi connectivity index (χ0v) is 16.6. The third-order valence-corrected chi connectivity index (χ3v) is 6.24. The second-order valence-electron chi connectivity index (χ2n) is 5.94. The Morgan fingerprint density at radius 1 is 1.27 bits per heavy atom. The first-order chi connectivity index (χ1) is 12.4. The highest BCUT2D eigenvalue weighted by molar-refractivity contribution is 8.02. The van der Waals surface area contributed by atoms with Crippen molar-refractivity contribution in [2.24, 2.45) is 7.05 Å². The third kappa shape index (κ3) is 3.61. The summed E-state index contributed by atoms with van der Waals surface area (Å²) in [6, 6.07) is 9.35. The molecule has 0 saturated heterocycles. The zero-order valence-electron chi connectivity index (χ0n) is 15.0. The quantitative estimate of drug-likeness (QED) is 0.681. The number of carbonyl (C=O) groups is 1. The molecular formula is C18H20N4O2S2. The van der Waals surface area contributed by atoms with Crippen LogP contribution in [0.3, 0.4) is 0 Å². The van der Waals surface area contributed by atoms with Gasteiger partial charge in [-0.1, -0.05) is 30.0 Å². The van der Waals surface area contributed by atoms with Crippen LogP contribution in [0.4, 0.5) is 5.69 Å². The second-order valence-corrected chi connectivity index (χ2v) is 8.39. The number of nitrogens with zero attached hydrogens (tertiary/aromatic N) is 3. The van der Waals surface area contributed by atoms with Gasteiger partial charge in [-0.3, -0.25) is 14.3 Å². The number of nitrogens with one attached hydrogen (secondary N) is 1. The zero-order chi connectivity index (χ0) is 18.8. The highest BCUT2D eigenvalue weighted by atomic mass is 32.2. The smallest absolute Gasteiger partial charge is 0.295 e. The molecular weight excluding hydrogens is 368 g/mol. The van der Waals surface area contributed by atoms with Gasteiger partial charge in [0.1, 0.15) is 5.69 Å². The summed E-state index contributed by atoms with van der Waals surface area (Å²) in [7, 11) is 1.80. The summed E-state index contributed by atoms with van der Waals surface area (Å²) in [6.07, 6.45) is 0. The van der Waals surface area contributed by atoms with E-state index in [0.717, 1.165) is 15.7 Å². The molecule has 136 valence electrons. The van der Waals surface area contributed by atoms with E-state index in [1.54, 1.807) is 16.4 Å². The van der Waals surface area contributed by atoms with E-state index in [0.29, 0.717) is 11.4 Å². The van der Waals surface area contributed by atoms with Crippen molar-refractivity contribution < 1.29 is 4.79 Å². The number of thioether (sulfide) groups is 1. The van der Waals surface area contributed by atoms with Gasteiger partial charge in [0.2, 0.25) is 5.91 Å². The van der Waals surface area contributed by atoms with Crippen molar-refractivity contribution in [1.29, 1.82) is 0 Å². The summed E-state index contributed by atoms with van der Waals surface area (Å²) in [5.74, 6) is -0.214. The fourth-order valence-electron chi connectivity index (χ4n) is 2.53. The monoisotopic (exact) mass is 388 g/mol. The Kier molecular flexibility index (Phi) is 5.33. The van der Waals surface area contributed by atoms with E-state index >= 15 is 0 Å². The number of aryl methyl sites for hydroxylation is 1. The molecule has 6 nitrogen and oxygen atoms in total. The SMILES string of the molecule is Cc1csc(S[C@H](C)C(=O)Nc2c(C)n(C)n(-c3ccccc3)c2=O)n1. The summed E-state index contributed by atoms with van der Waals surface area (Å²) in [5, 5.41) is 4.39. The van der Waals surface area contributed by atoms with Gasteiger partial charge in [0.25, 0.3) is 5.56 Å². The second kappa shape index (κ2) is 7.51. The lowest BCUT2D eigenvalue weighted by atomic mass is 10.3. The van der Waals surface area contributed by atoms with Gasteiger partial charge in [-0.15, -0.1) is 11.3 Å². The lowest BCUT2D eigenvalue weighted by molar-refractivity contribution is -0.115. The molecule has 26 heavy (non-hydrogen) atoms. The summed E-state index contributed by atoms with van der Waals surface area (Å²) < 4.78 is 4.14. The normalized spacial score (nSPS) is 12.2. The lowest BCUT2D eigenvalue weighted by Crippen LogP contribution is -2.27. The Bertz CT molecular complexity index is 989. The molecule has 0 fully saturated rings. The van der Waals surface area contributed by atoms with Crippen LogP contribution in [0.5, 0.6) is 0 Å². The number of benzene rings is 1. The van der Waals surface area contributed by atoms with Crippen LogP contribution in [0.15, 0.2) is 44.8 Å². The van der Waals surface area contributed by atoms with Gasteiger partial charge in [-0.2, -0.15) is 0 Å². The number of hydrogen-bond donors (Lipinski definition) is 1. The Labute approximate surface area is 159 Å². The minimum Gasteiger partial charge on any atom is -0.319 e. The minimum atomic E-state index is -0.357. The third-order valence-electron chi connectivity index (χ3n) is 4.05. The molecule has 0 aliphatic carbocycles. The molecule has 0 aliphatic heterocycles. The molecule has 0 bridgehead atoms. The van der Waals surface area contributed by atoms with Gasteiger partial charge < -0.3 is 5.32 Å². The maximum absolute atomic E-state index is 12.8. The first-order valence-electron chi connectivity index (χ1n) is 8.12. The molecule has 1 amide bonds. The highest BCUT2D eigenvalue weighted by Crippen LogP contribution is 2.27. The maximum atomic E-state index is 12.8. The average molecular weight is 389 g/mol. The number of anilines is 1. The van der Waals surface area contributed by atoms with Crippen LogP contribution in [0, 0.1) is 13.8 Å². The molecule has 2 aromatic heterocycles.